The summed E-state index contributed by atoms with van der Waals surface area (Å²) in [4.78, 5) is 35.0. The summed E-state index contributed by atoms with van der Waals surface area (Å²) >= 11 is 0. The van der Waals surface area contributed by atoms with Crippen molar-refractivity contribution in [2.24, 2.45) is 0 Å². The van der Waals surface area contributed by atoms with E-state index in [1.165, 1.54) is 0 Å². The number of aryl methyl sites for hydroxylation is 1. The SMILES string of the molecule is Cc1cccc(C(=O)N2[C@@H]3CC[C@H]2Cc2c(C(=O)N(C)C)nc(-c4ccccc4)n2C3)c1. The monoisotopic (exact) mass is 428 g/mol. The Hall–Kier alpha value is -3.41. The zero-order valence-corrected chi connectivity index (χ0v) is 18.8. The van der Waals surface area contributed by atoms with E-state index in [0.717, 1.165) is 41.1 Å². The highest BCUT2D eigenvalue weighted by atomic mass is 16.2. The van der Waals surface area contributed by atoms with Crippen molar-refractivity contribution in [3.8, 4) is 11.4 Å². The molecule has 2 bridgehead atoms. The molecule has 2 aromatic carbocycles. The molecule has 0 aliphatic carbocycles. The first-order valence-corrected chi connectivity index (χ1v) is 11.2. The van der Waals surface area contributed by atoms with Gasteiger partial charge in [0.2, 0.25) is 0 Å². The maximum absolute atomic E-state index is 13.5. The second-order valence-electron chi connectivity index (χ2n) is 9.08. The van der Waals surface area contributed by atoms with Crippen LogP contribution < -0.4 is 0 Å². The van der Waals surface area contributed by atoms with Crippen molar-refractivity contribution in [2.45, 2.75) is 44.8 Å². The van der Waals surface area contributed by atoms with Crippen LogP contribution >= 0.6 is 0 Å². The molecule has 0 N–H and O–H groups in total. The third-order valence-electron chi connectivity index (χ3n) is 6.66. The fourth-order valence-electron chi connectivity index (χ4n) is 5.11. The molecule has 164 valence electrons. The van der Waals surface area contributed by atoms with E-state index in [1.807, 2.05) is 61.5 Å². The summed E-state index contributed by atoms with van der Waals surface area (Å²) in [5.74, 6) is 0.799. The van der Waals surface area contributed by atoms with Gasteiger partial charge in [0.25, 0.3) is 11.8 Å². The van der Waals surface area contributed by atoms with E-state index < -0.39 is 0 Å². The molecule has 2 amide bonds. The highest BCUT2D eigenvalue weighted by Gasteiger charge is 2.42. The second kappa shape index (κ2) is 7.93. The van der Waals surface area contributed by atoms with Crippen LogP contribution in [0.15, 0.2) is 54.6 Å². The van der Waals surface area contributed by atoms with E-state index in [0.29, 0.717) is 18.7 Å². The molecule has 6 heteroatoms. The van der Waals surface area contributed by atoms with Gasteiger partial charge >= 0.3 is 0 Å². The van der Waals surface area contributed by atoms with Crippen molar-refractivity contribution in [2.75, 3.05) is 14.1 Å². The Morgan fingerprint density at radius 2 is 1.75 bits per heavy atom. The average molecular weight is 429 g/mol. The maximum Gasteiger partial charge on any atom is 0.273 e. The van der Waals surface area contributed by atoms with Gasteiger partial charge in [-0.2, -0.15) is 0 Å². The molecule has 2 aliphatic rings. The van der Waals surface area contributed by atoms with Gasteiger partial charge in [-0.15, -0.1) is 0 Å². The number of carbonyl (C=O) groups excluding carboxylic acids is 2. The molecule has 3 heterocycles. The van der Waals surface area contributed by atoms with E-state index in [1.54, 1.807) is 19.0 Å². The normalized spacial score (nSPS) is 19.4. The predicted molar refractivity (Wildman–Crippen MR) is 124 cm³/mol. The van der Waals surface area contributed by atoms with Crippen LogP contribution in [0, 0.1) is 6.92 Å². The van der Waals surface area contributed by atoms with E-state index in [9.17, 15) is 9.59 Å². The Bertz CT molecular complexity index is 1180. The summed E-state index contributed by atoms with van der Waals surface area (Å²) < 4.78 is 2.19. The van der Waals surface area contributed by atoms with Crippen LogP contribution in [0.3, 0.4) is 0 Å². The number of fused-ring (bicyclic) bond motifs is 3. The molecule has 2 atom stereocenters. The Balaban J connectivity index is 1.58. The summed E-state index contributed by atoms with van der Waals surface area (Å²) in [5, 5.41) is 0. The van der Waals surface area contributed by atoms with Gasteiger partial charge < -0.3 is 14.4 Å². The van der Waals surface area contributed by atoms with Crippen LogP contribution in [0.25, 0.3) is 11.4 Å². The van der Waals surface area contributed by atoms with Crippen molar-refractivity contribution in [1.82, 2.24) is 19.4 Å². The molecule has 3 aromatic rings. The number of aromatic nitrogens is 2. The number of benzene rings is 2. The summed E-state index contributed by atoms with van der Waals surface area (Å²) in [5.41, 5.74) is 4.25. The highest BCUT2D eigenvalue weighted by Crippen LogP contribution is 2.36. The van der Waals surface area contributed by atoms with Gasteiger partial charge in [-0.3, -0.25) is 9.59 Å². The fraction of sp³-hybridized carbons (Fsp3) is 0.346. The van der Waals surface area contributed by atoms with Crippen molar-refractivity contribution in [3.63, 3.8) is 0 Å². The van der Waals surface area contributed by atoms with Gasteiger partial charge in [0, 0.05) is 44.2 Å². The number of nitrogens with zero attached hydrogens (tertiary/aromatic N) is 4. The number of imidazole rings is 1. The number of amides is 2. The van der Waals surface area contributed by atoms with Crippen LogP contribution in [-0.4, -0.2) is 57.3 Å². The van der Waals surface area contributed by atoms with Crippen LogP contribution in [0.2, 0.25) is 0 Å². The third-order valence-corrected chi connectivity index (χ3v) is 6.66. The fourth-order valence-corrected chi connectivity index (χ4v) is 5.11. The van der Waals surface area contributed by atoms with Crippen molar-refractivity contribution in [1.29, 1.82) is 0 Å². The maximum atomic E-state index is 13.5. The van der Waals surface area contributed by atoms with Crippen LogP contribution in [0.5, 0.6) is 0 Å². The Morgan fingerprint density at radius 1 is 1.00 bits per heavy atom. The molecule has 0 spiro atoms. The van der Waals surface area contributed by atoms with Crippen LogP contribution in [0.1, 0.15) is 44.9 Å². The molecule has 2 aliphatic heterocycles. The molecule has 0 radical (unpaired) electrons. The standard InChI is InChI=1S/C26H28N4O2/c1-17-8-7-11-19(14-17)25(31)30-20-12-13-21(30)16-29-22(15-20)23(26(32)28(2)3)27-24(29)18-9-5-4-6-10-18/h4-11,14,20-21H,12-13,15-16H2,1-3H3/t20-,21+/m0/s1. The molecule has 1 aromatic heterocycles. The first kappa shape index (κ1) is 20.5. The van der Waals surface area contributed by atoms with Crippen molar-refractivity contribution < 1.29 is 9.59 Å². The quantitative estimate of drug-likeness (QED) is 0.638. The lowest BCUT2D eigenvalue weighted by atomic mass is 10.0. The molecule has 0 saturated carbocycles. The molecule has 0 unspecified atom stereocenters. The second-order valence-corrected chi connectivity index (χ2v) is 9.08. The van der Waals surface area contributed by atoms with E-state index in [2.05, 4.69) is 9.47 Å². The summed E-state index contributed by atoms with van der Waals surface area (Å²) in [6.45, 7) is 2.66. The first-order chi connectivity index (χ1) is 15.4. The summed E-state index contributed by atoms with van der Waals surface area (Å²) in [6.07, 6.45) is 2.55. The lowest BCUT2D eigenvalue weighted by molar-refractivity contribution is 0.0666. The minimum atomic E-state index is -0.0923. The third kappa shape index (κ3) is 3.40. The van der Waals surface area contributed by atoms with Crippen molar-refractivity contribution in [3.05, 3.63) is 77.1 Å². The highest BCUT2D eigenvalue weighted by molar-refractivity contribution is 5.96. The zero-order valence-electron chi connectivity index (χ0n) is 18.8. The number of hydrogen-bond donors (Lipinski definition) is 0. The van der Waals surface area contributed by atoms with Gasteiger partial charge in [-0.25, -0.2) is 4.98 Å². The van der Waals surface area contributed by atoms with E-state index in [4.69, 9.17) is 4.98 Å². The van der Waals surface area contributed by atoms with Crippen LogP contribution in [-0.2, 0) is 13.0 Å². The number of carbonyl (C=O) groups is 2. The molecule has 5 rings (SSSR count). The van der Waals surface area contributed by atoms with E-state index >= 15 is 0 Å². The number of rotatable bonds is 3. The minimum absolute atomic E-state index is 0.0725. The summed E-state index contributed by atoms with van der Waals surface area (Å²) in [6, 6.07) is 18.0. The van der Waals surface area contributed by atoms with Gasteiger partial charge in [0.05, 0.1) is 11.7 Å². The minimum Gasteiger partial charge on any atom is -0.343 e. The van der Waals surface area contributed by atoms with E-state index in [-0.39, 0.29) is 23.9 Å². The Morgan fingerprint density at radius 3 is 2.47 bits per heavy atom. The van der Waals surface area contributed by atoms with Crippen molar-refractivity contribution >= 4 is 11.8 Å². The lowest BCUT2D eigenvalue weighted by Crippen LogP contribution is -2.42. The zero-order chi connectivity index (χ0) is 22.4. The Labute approximate surface area is 188 Å². The summed E-state index contributed by atoms with van der Waals surface area (Å²) in [7, 11) is 3.51. The molecule has 1 fully saturated rings. The Kier molecular flexibility index (Phi) is 5.08. The largest absolute Gasteiger partial charge is 0.343 e. The topological polar surface area (TPSA) is 58.4 Å². The first-order valence-electron chi connectivity index (χ1n) is 11.2. The molecule has 32 heavy (non-hydrogen) atoms. The smallest absolute Gasteiger partial charge is 0.273 e. The van der Waals surface area contributed by atoms with Gasteiger partial charge in [-0.05, 0) is 31.9 Å². The van der Waals surface area contributed by atoms with Crippen LogP contribution in [0.4, 0.5) is 0 Å². The van der Waals surface area contributed by atoms with Gasteiger partial charge in [-0.1, -0.05) is 48.0 Å². The molecular formula is C26H28N4O2. The molecular weight excluding hydrogens is 400 g/mol. The molecule has 6 nitrogen and oxygen atoms in total. The molecule has 1 saturated heterocycles. The number of hydrogen-bond acceptors (Lipinski definition) is 3. The van der Waals surface area contributed by atoms with Gasteiger partial charge in [0.15, 0.2) is 0 Å². The lowest BCUT2D eigenvalue weighted by Gasteiger charge is -2.28. The predicted octanol–water partition coefficient (Wildman–Crippen LogP) is 3.79. The average Bonchev–Trinajstić information content (AvgIpc) is 3.29. The van der Waals surface area contributed by atoms with Gasteiger partial charge in [0.1, 0.15) is 11.5 Å².